The van der Waals surface area contributed by atoms with E-state index in [-0.39, 0.29) is 42.0 Å². The van der Waals surface area contributed by atoms with Gasteiger partial charge in [0.15, 0.2) is 0 Å². The average Bonchev–Trinajstić information content (AvgIpc) is 3.65. The lowest BCUT2D eigenvalue weighted by atomic mass is 9.70. The van der Waals surface area contributed by atoms with Crippen LogP contribution < -0.4 is 4.90 Å². The molecular weight excluding hydrogens is 558 g/mol. The molecule has 3 aliphatic rings. The maximum atomic E-state index is 15.0. The number of anilines is 1. The summed E-state index contributed by atoms with van der Waals surface area (Å²) in [5.74, 6) is -1.26. The Hall–Kier alpha value is -3.10. The van der Waals surface area contributed by atoms with Gasteiger partial charge in [-0.15, -0.1) is 24.9 Å². The molecule has 6 atom stereocenters. The Bertz CT molecular complexity index is 1390. The van der Waals surface area contributed by atoms with Gasteiger partial charge in [0.25, 0.3) is 5.91 Å². The van der Waals surface area contributed by atoms with E-state index in [1.165, 1.54) is 0 Å². The van der Waals surface area contributed by atoms with Gasteiger partial charge in [-0.25, -0.2) is 0 Å². The fourth-order valence-electron chi connectivity index (χ4n) is 7.74. The predicted octanol–water partition coefficient (Wildman–Crippen LogP) is 5.28. The summed E-state index contributed by atoms with van der Waals surface area (Å²) in [7, 11) is 0. The average molecular weight is 604 g/mol. The summed E-state index contributed by atoms with van der Waals surface area (Å²) in [5, 5.41) is 12.7. The summed E-state index contributed by atoms with van der Waals surface area (Å²) in [6.07, 6.45) is 6.29. The third kappa shape index (κ3) is 5.42. The molecule has 2 unspecified atom stereocenters. The number of aliphatic hydroxyl groups is 1. The molecule has 1 spiro atoms. The maximum absolute atomic E-state index is 15.0. The number of carbonyl (C=O) groups excluding carboxylic acids is 3. The lowest BCUT2D eigenvalue weighted by molar-refractivity contribution is -0.145. The first-order valence-corrected chi connectivity index (χ1v) is 16.5. The first kappa shape index (κ1) is 31.3. The molecule has 3 saturated heterocycles. The lowest BCUT2D eigenvalue weighted by Crippen LogP contribution is -2.58. The summed E-state index contributed by atoms with van der Waals surface area (Å²) in [5.41, 5.74) is 0.741. The molecule has 0 saturated carbocycles. The van der Waals surface area contributed by atoms with Crippen LogP contribution >= 0.6 is 11.8 Å². The molecule has 2 bridgehead atoms. The van der Waals surface area contributed by atoms with E-state index in [4.69, 9.17) is 0 Å². The highest BCUT2D eigenvalue weighted by Crippen LogP contribution is 2.67. The van der Waals surface area contributed by atoms with Gasteiger partial charge in [-0.2, -0.15) is 0 Å². The van der Waals surface area contributed by atoms with Crippen molar-refractivity contribution < 1.29 is 19.5 Å². The van der Waals surface area contributed by atoms with E-state index in [2.05, 4.69) is 27.0 Å². The largest absolute Gasteiger partial charge is 0.394 e. The molecule has 0 aromatic heterocycles. The summed E-state index contributed by atoms with van der Waals surface area (Å²) in [6.45, 7) is 15.0. The van der Waals surface area contributed by atoms with Crippen molar-refractivity contribution in [3.63, 3.8) is 0 Å². The summed E-state index contributed by atoms with van der Waals surface area (Å²) < 4.78 is -0.730. The van der Waals surface area contributed by atoms with Crippen LogP contribution in [0.15, 0.2) is 67.8 Å². The number of likely N-dealkylation sites (tertiary alicyclic amines) is 1. The van der Waals surface area contributed by atoms with Gasteiger partial charge in [0.2, 0.25) is 11.8 Å². The Balaban J connectivity index is 1.60. The summed E-state index contributed by atoms with van der Waals surface area (Å²) >= 11 is 1.67. The van der Waals surface area contributed by atoms with Crippen LogP contribution in [0.2, 0.25) is 0 Å². The SMILES string of the molecule is C=CCN(CCC)C(=O)[C@@H]1[C@@H]2CCC3(S2)C(C(=O)N(CC=C)c2ccc4ccccc4c2)N([C@@H](CO)CC(C)C)C(=O)[C@H]13. The van der Waals surface area contributed by atoms with Gasteiger partial charge >= 0.3 is 0 Å². The predicted molar refractivity (Wildman–Crippen MR) is 175 cm³/mol. The van der Waals surface area contributed by atoms with Crippen molar-refractivity contribution in [3.05, 3.63) is 67.8 Å². The number of rotatable bonds is 13. The number of aliphatic hydroxyl groups excluding tert-OH is 1. The number of amides is 3. The van der Waals surface area contributed by atoms with E-state index in [1.54, 1.807) is 33.7 Å². The molecule has 2 aromatic carbocycles. The number of benzene rings is 2. The van der Waals surface area contributed by atoms with E-state index in [9.17, 15) is 19.5 Å². The maximum Gasteiger partial charge on any atom is 0.251 e. The van der Waals surface area contributed by atoms with Crippen molar-refractivity contribution >= 4 is 45.9 Å². The molecule has 8 heteroatoms. The Labute approximate surface area is 260 Å². The number of fused-ring (bicyclic) bond motifs is 2. The van der Waals surface area contributed by atoms with Crippen LogP contribution in [0, 0.1) is 17.8 Å². The Kier molecular flexibility index (Phi) is 9.37. The molecule has 3 aliphatic heterocycles. The minimum Gasteiger partial charge on any atom is -0.394 e. The van der Waals surface area contributed by atoms with Crippen molar-refractivity contribution in [3.8, 4) is 0 Å². The van der Waals surface area contributed by atoms with Crippen molar-refractivity contribution in [1.29, 1.82) is 0 Å². The van der Waals surface area contributed by atoms with E-state index < -0.39 is 28.7 Å². The quantitative estimate of drug-likeness (QED) is 0.315. The van der Waals surface area contributed by atoms with Crippen LogP contribution in [0.1, 0.15) is 46.5 Å². The van der Waals surface area contributed by atoms with Crippen LogP contribution in [-0.2, 0) is 14.4 Å². The molecule has 7 nitrogen and oxygen atoms in total. The monoisotopic (exact) mass is 603 g/mol. The van der Waals surface area contributed by atoms with E-state index in [0.29, 0.717) is 25.9 Å². The number of thioether (sulfide) groups is 1. The van der Waals surface area contributed by atoms with Crippen LogP contribution in [0.5, 0.6) is 0 Å². The first-order chi connectivity index (χ1) is 20.7. The minimum atomic E-state index is -0.792. The second-order valence-electron chi connectivity index (χ2n) is 12.6. The van der Waals surface area contributed by atoms with Crippen molar-refractivity contribution in [2.45, 2.75) is 68.5 Å². The Morgan fingerprint density at radius 3 is 2.49 bits per heavy atom. The van der Waals surface area contributed by atoms with Crippen LogP contribution in [0.4, 0.5) is 5.69 Å². The molecule has 5 rings (SSSR count). The molecule has 3 amide bonds. The Morgan fingerprint density at radius 2 is 1.84 bits per heavy atom. The zero-order valence-corrected chi connectivity index (χ0v) is 26.5. The normalized spacial score (nSPS) is 26.5. The molecule has 0 aliphatic carbocycles. The Morgan fingerprint density at radius 1 is 1.12 bits per heavy atom. The zero-order chi connectivity index (χ0) is 30.9. The minimum absolute atomic E-state index is 0.0192. The van der Waals surface area contributed by atoms with Gasteiger partial charge in [-0.3, -0.25) is 14.4 Å². The smallest absolute Gasteiger partial charge is 0.251 e. The van der Waals surface area contributed by atoms with Crippen molar-refractivity contribution in [1.82, 2.24) is 9.80 Å². The van der Waals surface area contributed by atoms with E-state index in [1.807, 2.05) is 54.3 Å². The van der Waals surface area contributed by atoms with Crippen molar-refractivity contribution in [2.24, 2.45) is 17.8 Å². The molecule has 0 radical (unpaired) electrons. The number of hydrogen-bond donors (Lipinski definition) is 1. The van der Waals surface area contributed by atoms with Gasteiger partial charge in [0.05, 0.1) is 29.2 Å². The third-order valence-corrected chi connectivity index (χ3v) is 11.3. The summed E-state index contributed by atoms with van der Waals surface area (Å²) in [4.78, 5) is 48.9. The zero-order valence-electron chi connectivity index (χ0n) is 25.7. The molecule has 3 fully saturated rings. The molecule has 1 N–H and O–H groups in total. The fraction of sp³-hybridized carbons (Fsp3) is 0.514. The molecule has 3 heterocycles. The highest BCUT2D eigenvalue weighted by atomic mass is 32.2. The standard InChI is InChI=1S/C35H45N3O4S/c1-6-17-36(18-7-2)32(40)29-28-15-16-35(43-28)30(29)33(41)38(27(22-39)20-23(4)5)31(35)34(42)37(19-8-3)26-14-13-24-11-9-10-12-25(24)21-26/h6,8-14,21,23,27-31,39H,1,3,7,15-20,22H2,2,4-5H3/t27-,28+,29-,30+,31?,35?/m1/s1. The van der Waals surface area contributed by atoms with E-state index >= 15 is 0 Å². The van der Waals surface area contributed by atoms with Gasteiger partial charge in [-0.1, -0.05) is 63.3 Å². The second-order valence-corrected chi connectivity index (χ2v) is 14.2. The highest BCUT2D eigenvalue weighted by molar-refractivity contribution is 8.02. The fourth-order valence-corrected chi connectivity index (χ4v) is 9.93. The number of nitrogens with zero attached hydrogens (tertiary/aromatic N) is 3. The van der Waals surface area contributed by atoms with E-state index in [0.717, 1.165) is 29.3 Å². The molecule has 230 valence electrons. The first-order valence-electron chi connectivity index (χ1n) is 15.6. The summed E-state index contributed by atoms with van der Waals surface area (Å²) in [6, 6.07) is 12.7. The van der Waals surface area contributed by atoms with Gasteiger partial charge in [0.1, 0.15) is 6.04 Å². The topological polar surface area (TPSA) is 81.2 Å². The van der Waals surface area contributed by atoms with Crippen LogP contribution in [0.3, 0.4) is 0 Å². The number of hydrogen-bond acceptors (Lipinski definition) is 5. The van der Waals surface area contributed by atoms with Gasteiger partial charge < -0.3 is 19.8 Å². The van der Waals surface area contributed by atoms with Gasteiger partial charge in [0, 0.05) is 30.6 Å². The van der Waals surface area contributed by atoms with Crippen LogP contribution in [-0.4, -0.2) is 80.9 Å². The molecule has 43 heavy (non-hydrogen) atoms. The van der Waals surface area contributed by atoms with Crippen molar-refractivity contribution in [2.75, 3.05) is 31.1 Å². The lowest BCUT2D eigenvalue weighted by Gasteiger charge is -2.40. The second kappa shape index (κ2) is 12.9. The highest BCUT2D eigenvalue weighted by Gasteiger charge is 2.74. The molecular formula is C35H45N3O4S. The number of carbonyl (C=O) groups is 3. The molecule has 2 aromatic rings. The van der Waals surface area contributed by atoms with Crippen LogP contribution in [0.25, 0.3) is 10.8 Å². The van der Waals surface area contributed by atoms with Gasteiger partial charge in [-0.05, 0) is 54.5 Å². The third-order valence-electron chi connectivity index (χ3n) is 9.38.